The average molecular weight is 601 g/mol. The molecule has 0 aliphatic carbocycles. The van der Waals surface area contributed by atoms with E-state index in [1.165, 1.54) is 33.1 Å². The van der Waals surface area contributed by atoms with Crippen LogP contribution in [0.1, 0.15) is 13.4 Å². The maximum Gasteiger partial charge on any atom is 1.00 e. The fraction of sp³-hybridized carbons (Fsp3) is 0.364. The summed E-state index contributed by atoms with van der Waals surface area (Å²) < 4.78 is 1.46. The first-order valence-electron chi connectivity index (χ1n) is 11.5. The number of β-lactam (4-membered cyclic amide) rings is 1. The van der Waals surface area contributed by atoms with Crippen LogP contribution in [0.5, 0.6) is 0 Å². The minimum atomic E-state index is -1.31. The molecule has 2 aromatic rings. The van der Waals surface area contributed by atoms with Gasteiger partial charge in [-0.2, -0.15) is 0 Å². The molecule has 0 radical (unpaired) electrons. The fourth-order valence-corrected chi connectivity index (χ4v) is 6.24. The Morgan fingerprint density at radius 2 is 1.93 bits per heavy atom. The van der Waals surface area contributed by atoms with E-state index in [1.54, 1.807) is 31.3 Å². The summed E-state index contributed by atoms with van der Waals surface area (Å²) in [5, 5.41) is 34.9. The quantitative estimate of drug-likeness (QED) is 0.0948. The van der Waals surface area contributed by atoms with Crippen molar-refractivity contribution in [3.05, 3.63) is 41.1 Å². The molecule has 3 heterocycles. The predicted octanol–water partition coefficient (Wildman–Crippen LogP) is -3.86. The second kappa shape index (κ2) is 13.6. The van der Waals surface area contributed by atoms with Crippen LogP contribution in [0, 0.1) is 0 Å². The van der Waals surface area contributed by atoms with Crippen molar-refractivity contribution < 1.29 is 65.2 Å². The van der Waals surface area contributed by atoms with Crippen LogP contribution in [0.15, 0.2) is 40.7 Å². The Kier molecular flexibility index (Phi) is 10.7. The molecule has 1 saturated heterocycles. The number of hydrogen-bond donors (Lipinski definition) is 5. The molecule has 15 nitrogen and oxygen atoms in total. The first-order valence-corrected chi connectivity index (χ1v) is 13.5. The third-order valence-corrected chi connectivity index (χ3v) is 8.28. The molecule has 6 N–H and O–H groups in total. The van der Waals surface area contributed by atoms with E-state index in [9.17, 15) is 29.1 Å². The second-order valence-electron chi connectivity index (χ2n) is 8.66. The number of carbonyl (C=O) groups is 5. The molecule has 3 amide bonds. The second-order valence-corrected chi connectivity index (χ2v) is 10.7. The predicted molar refractivity (Wildman–Crippen MR) is 139 cm³/mol. The average Bonchev–Trinajstić information content (AvgIpc) is 3.30. The fourth-order valence-electron chi connectivity index (χ4n) is 3.90. The summed E-state index contributed by atoms with van der Waals surface area (Å²) in [6.07, 6.45) is -0.433. The Hall–Kier alpha value is -2.96. The summed E-state index contributed by atoms with van der Waals surface area (Å²) in [6.45, 7) is 0. The summed E-state index contributed by atoms with van der Waals surface area (Å²) in [4.78, 5) is 61.4. The van der Waals surface area contributed by atoms with E-state index in [4.69, 9.17) is 10.8 Å². The number of nitrogens with zero attached hydrogens (tertiary/aromatic N) is 5. The number of carboxylic acids is 2. The van der Waals surface area contributed by atoms with Gasteiger partial charge in [0, 0.05) is 24.2 Å². The van der Waals surface area contributed by atoms with Crippen molar-refractivity contribution >= 4 is 58.9 Å². The largest absolute Gasteiger partial charge is 1.00 e. The van der Waals surface area contributed by atoms with Crippen molar-refractivity contribution in [1.29, 1.82) is 0 Å². The Balaban J connectivity index is 0.00000294. The molecule has 1 aromatic heterocycles. The number of tetrazole rings is 1. The van der Waals surface area contributed by atoms with Gasteiger partial charge >= 0.3 is 41.5 Å². The molecule has 1 fully saturated rings. The van der Waals surface area contributed by atoms with Gasteiger partial charge in [0.1, 0.15) is 23.2 Å². The van der Waals surface area contributed by atoms with Crippen LogP contribution in [0.3, 0.4) is 0 Å². The topological polar surface area (TPSA) is 223 Å². The summed E-state index contributed by atoms with van der Waals surface area (Å²) in [5.74, 6) is -3.33. The van der Waals surface area contributed by atoms with Crippen LogP contribution in [-0.4, -0.2) is 93.9 Å². The number of carbonyl (C=O) groups excluding carboxylic acids is 3. The number of nitrogens with two attached hydrogens (primary N) is 1. The van der Waals surface area contributed by atoms with E-state index in [2.05, 4.69) is 26.2 Å². The van der Waals surface area contributed by atoms with E-state index < -0.39 is 47.1 Å². The van der Waals surface area contributed by atoms with Gasteiger partial charge in [-0.25, -0.2) is 9.48 Å². The van der Waals surface area contributed by atoms with Gasteiger partial charge in [-0.1, -0.05) is 23.9 Å². The van der Waals surface area contributed by atoms with Gasteiger partial charge in [-0.15, -0.1) is 16.9 Å². The number of benzene rings is 1. The molecule has 40 heavy (non-hydrogen) atoms. The normalized spacial score (nSPS) is 18.6. The molecular formula is C22H25N8NaO7S2. The van der Waals surface area contributed by atoms with Crippen molar-refractivity contribution in [1.82, 2.24) is 30.4 Å². The van der Waals surface area contributed by atoms with E-state index in [0.717, 1.165) is 0 Å². The summed E-state index contributed by atoms with van der Waals surface area (Å²) in [6, 6.07) is 4.17. The molecular weight excluding hydrogens is 575 g/mol. The number of anilines is 1. The maximum atomic E-state index is 12.9. The molecule has 208 valence electrons. The van der Waals surface area contributed by atoms with Crippen molar-refractivity contribution in [2.24, 2.45) is 12.8 Å². The van der Waals surface area contributed by atoms with Gasteiger partial charge in [0.05, 0.1) is 12.8 Å². The van der Waals surface area contributed by atoms with Crippen LogP contribution in [0.25, 0.3) is 0 Å². The molecule has 0 spiro atoms. The number of aryl methyl sites for hydroxylation is 1. The van der Waals surface area contributed by atoms with Gasteiger partial charge in [-0.05, 0) is 33.7 Å². The zero-order chi connectivity index (χ0) is 28.3. The number of aromatic nitrogens is 4. The van der Waals surface area contributed by atoms with Crippen molar-refractivity contribution in [2.45, 2.75) is 35.5 Å². The van der Waals surface area contributed by atoms with Gasteiger partial charge in [0.15, 0.2) is 0 Å². The molecule has 18 heteroatoms. The molecule has 4 rings (SSSR count). The Morgan fingerprint density at radius 3 is 2.52 bits per heavy atom. The molecule has 3 atom stereocenters. The van der Waals surface area contributed by atoms with Crippen LogP contribution < -0.4 is 45.9 Å². The van der Waals surface area contributed by atoms with E-state index in [-0.39, 0.29) is 49.5 Å². The Bertz CT molecular complexity index is 1360. The standard InChI is InChI=1S/C22H24N8O7S2.Na.H/c1-29-22(26-27-28-29)39-9-11-8-38-19-16(18(33)30(19)17(11)21(36)37)25-14(31)6-10-2-4-12(5-3-10)24-15(32)7-13(23)20(34)35;;/h2-5,13,16,19H,6-9,23H2,1H3,(H,24,32)(H,25,31)(H,34,35)(H,36,37);;/q;+1;-1/t13-,16-,19-;;/m1../s1. The van der Waals surface area contributed by atoms with Crippen LogP contribution in [-0.2, 0) is 37.4 Å². The minimum Gasteiger partial charge on any atom is -1.00 e. The van der Waals surface area contributed by atoms with Gasteiger partial charge in [0.2, 0.25) is 17.0 Å². The summed E-state index contributed by atoms with van der Waals surface area (Å²) >= 11 is 2.63. The molecule has 2 aliphatic rings. The number of fused-ring (bicyclic) bond motifs is 1. The van der Waals surface area contributed by atoms with Crippen LogP contribution in [0.2, 0.25) is 0 Å². The number of aliphatic carboxylic acids is 2. The number of carboxylic acid groups (broad SMARTS) is 2. The van der Waals surface area contributed by atoms with Crippen LogP contribution >= 0.6 is 23.5 Å². The first kappa shape index (κ1) is 31.6. The monoisotopic (exact) mass is 600 g/mol. The Morgan fingerprint density at radius 1 is 1.23 bits per heavy atom. The molecule has 2 aliphatic heterocycles. The number of rotatable bonds is 11. The summed E-state index contributed by atoms with van der Waals surface area (Å²) in [5.41, 5.74) is 6.84. The van der Waals surface area contributed by atoms with E-state index >= 15 is 0 Å². The maximum absolute atomic E-state index is 12.9. The number of nitrogens with one attached hydrogen (secondary N) is 2. The first-order chi connectivity index (χ1) is 18.5. The van der Waals surface area contributed by atoms with Crippen LogP contribution in [0.4, 0.5) is 5.69 Å². The van der Waals surface area contributed by atoms with Gasteiger partial charge in [-0.3, -0.25) is 24.1 Å². The SMILES string of the molecule is Cn1nnnc1SCC1=C(C(=O)O)N2C(=O)[C@@H](NC(=O)Cc3ccc(NC(=O)C[C@@H](N)C(=O)O)cc3)[C@H]2SC1.[H-].[Na+]. The van der Waals surface area contributed by atoms with Gasteiger partial charge < -0.3 is 28.0 Å². The molecule has 1 aromatic carbocycles. The van der Waals surface area contributed by atoms with Crippen molar-refractivity contribution in [3.63, 3.8) is 0 Å². The zero-order valence-corrected chi connectivity index (χ0v) is 25.1. The molecule has 0 unspecified atom stereocenters. The third-order valence-electron chi connectivity index (χ3n) is 5.85. The number of hydrogen-bond acceptors (Lipinski definition) is 11. The molecule has 0 saturated carbocycles. The molecule has 0 bridgehead atoms. The van der Waals surface area contributed by atoms with E-state index in [1.807, 2.05) is 0 Å². The van der Waals surface area contributed by atoms with E-state index in [0.29, 0.717) is 33.5 Å². The van der Waals surface area contributed by atoms with Crippen molar-refractivity contribution in [2.75, 3.05) is 16.8 Å². The van der Waals surface area contributed by atoms with Gasteiger partial charge in [0.25, 0.3) is 5.91 Å². The minimum absolute atomic E-state index is 0. The summed E-state index contributed by atoms with van der Waals surface area (Å²) in [7, 11) is 1.67. The Labute approximate surface area is 259 Å². The zero-order valence-electron chi connectivity index (χ0n) is 22.4. The number of amides is 3. The number of thioether (sulfide) groups is 2. The van der Waals surface area contributed by atoms with Crippen molar-refractivity contribution in [3.8, 4) is 0 Å². The third kappa shape index (κ3) is 7.21. The smallest absolute Gasteiger partial charge is 1.00 e.